The third kappa shape index (κ3) is 2.44. The smallest absolute Gasteiger partial charge is 0.258 e. The highest BCUT2D eigenvalue weighted by Crippen LogP contribution is 2.40. The predicted molar refractivity (Wildman–Crippen MR) is 100 cm³/mol. The molecule has 4 rings (SSSR count). The summed E-state index contributed by atoms with van der Waals surface area (Å²) < 4.78 is 5.80. The number of hydrogen-bond acceptors (Lipinski definition) is 3. The second-order valence-corrected chi connectivity index (χ2v) is 7.87. The molecule has 2 aliphatic heterocycles. The fourth-order valence-corrected chi connectivity index (χ4v) is 4.67. The van der Waals surface area contributed by atoms with Gasteiger partial charge in [-0.05, 0) is 58.6 Å². The van der Waals surface area contributed by atoms with Crippen molar-refractivity contribution in [1.82, 2.24) is 9.80 Å². The van der Waals surface area contributed by atoms with Gasteiger partial charge in [-0.15, -0.1) is 0 Å². The minimum absolute atomic E-state index is 0.0820. The first-order valence-corrected chi connectivity index (χ1v) is 9.56. The first kappa shape index (κ1) is 17.1. The maximum Gasteiger partial charge on any atom is 0.258 e. The van der Waals surface area contributed by atoms with Crippen LogP contribution in [0.25, 0.3) is 11.0 Å². The molecule has 1 aromatic heterocycles. The number of hydrogen-bond donors (Lipinski definition) is 0. The average Bonchev–Trinajstić information content (AvgIpc) is 3.19. The van der Waals surface area contributed by atoms with Crippen molar-refractivity contribution >= 4 is 22.8 Å². The molecule has 2 aliphatic rings. The second-order valence-electron chi connectivity index (χ2n) is 7.87. The zero-order chi connectivity index (χ0) is 18.5. The number of amides is 2. The first-order chi connectivity index (χ1) is 12.4. The van der Waals surface area contributed by atoms with E-state index in [0.717, 1.165) is 43.4 Å². The Morgan fingerprint density at radius 3 is 2.65 bits per heavy atom. The summed E-state index contributed by atoms with van der Waals surface area (Å²) in [5.74, 6) is 0.824. The monoisotopic (exact) mass is 354 g/mol. The summed E-state index contributed by atoms with van der Waals surface area (Å²) in [4.78, 5) is 30.5. The van der Waals surface area contributed by atoms with Gasteiger partial charge in [-0.1, -0.05) is 12.1 Å². The van der Waals surface area contributed by atoms with E-state index in [2.05, 4.69) is 0 Å². The number of rotatable bonds is 2. The molecule has 0 aliphatic carbocycles. The number of furan rings is 1. The molecule has 1 atom stereocenters. The van der Waals surface area contributed by atoms with E-state index >= 15 is 0 Å². The summed E-state index contributed by atoms with van der Waals surface area (Å²) in [6.07, 6.45) is 3.33. The molecular formula is C21H26N2O3. The van der Waals surface area contributed by atoms with Crippen molar-refractivity contribution in [3.05, 3.63) is 35.6 Å². The maximum absolute atomic E-state index is 13.5. The Kier molecular flexibility index (Phi) is 4.05. The molecule has 0 N–H and O–H groups in total. The van der Waals surface area contributed by atoms with Crippen molar-refractivity contribution in [2.24, 2.45) is 0 Å². The van der Waals surface area contributed by atoms with E-state index in [0.29, 0.717) is 17.7 Å². The molecular weight excluding hydrogens is 328 g/mol. The Morgan fingerprint density at radius 1 is 1.19 bits per heavy atom. The van der Waals surface area contributed by atoms with Gasteiger partial charge in [0.1, 0.15) is 16.9 Å². The van der Waals surface area contributed by atoms with Crippen LogP contribution >= 0.6 is 0 Å². The summed E-state index contributed by atoms with van der Waals surface area (Å²) in [7, 11) is 0. The maximum atomic E-state index is 13.5. The molecule has 2 amide bonds. The van der Waals surface area contributed by atoms with Crippen LogP contribution in [0, 0.1) is 6.92 Å². The van der Waals surface area contributed by atoms with E-state index in [1.807, 2.05) is 54.8 Å². The number of nitrogens with zero attached hydrogens (tertiary/aromatic N) is 2. The molecule has 26 heavy (non-hydrogen) atoms. The van der Waals surface area contributed by atoms with Gasteiger partial charge in [0.05, 0.1) is 5.56 Å². The van der Waals surface area contributed by atoms with Crippen LogP contribution in [0.4, 0.5) is 0 Å². The van der Waals surface area contributed by atoms with E-state index in [1.54, 1.807) is 0 Å². The van der Waals surface area contributed by atoms with Crippen molar-refractivity contribution in [3.8, 4) is 0 Å². The van der Waals surface area contributed by atoms with Gasteiger partial charge in [0.15, 0.2) is 0 Å². The predicted octanol–water partition coefficient (Wildman–Crippen LogP) is 3.75. The number of fused-ring (bicyclic) bond motifs is 1. The van der Waals surface area contributed by atoms with Crippen LogP contribution in [0.5, 0.6) is 0 Å². The van der Waals surface area contributed by atoms with Gasteiger partial charge in [-0.3, -0.25) is 9.59 Å². The van der Waals surface area contributed by atoms with Crippen molar-refractivity contribution in [2.45, 2.75) is 58.0 Å². The third-order valence-electron chi connectivity index (χ3n) is 5.90. The minimum atomic E-state index is -0.677. The Bertz CT molecular complexity index is 869. The molecule has 2 aromatic rings. The van der Waals surface area contributed by atoms with Gasteiger partial charge in [0.2, 0.25) is 5.91 Å². The third-order valence-corrected chi connectivity index (χ3v) is 5.90. The highest BCUT2D eigenvalue weighted by molar-refractivity contribution is 6.07. The van der Waals surface area contributed by atoms with Crippen molar-refractivity contribution < 1.29 is 14.0 Å². The van der Waals surface area contributed by atoms with Gasteiger partial charge >= 0.3 is 0 Å². The summed E-state index contributed by atoms with van der Waals surface area (Å²) in [6, 6.07) is 7.75. The first-order valence-electron chi connectivity index (χ1n) is 9.56. The highest BCUT2D eigenvalue weighted by Gasteiger charge is 2.53. The standard InChI is InChI=1S/C21H26N2O3/c1-14(2)22-11-5-9-21(20(22)25)10-6-12-23(21)19(24)17-8-4-7-16-13-15(3)26-18(16)17/h4,7-8,13-14H,5-6,9-12H2,1-3H3. The zero-order valence-electron chi connectivity index (χ0n) is 15.7. The van der Waals surface area contributed by atoms with E-state index in [4.69, 9.17) is 4.42 Å². The second kappa shape index (κ2) is 6.15. The normalized spacial score (nSPS) is 23.6. The lowest BCUT2D eigenvalue weighted by molar-refractivity contribution is -0.147. The molecule has 138 valence electrons. The van der Waals surface area contributed by atoms with Crippen LogP contribution in [-0.2, 0) is 4.79 Å². The Balaban J connectivity index is 1.74. The average molecular weight is 354 g/mol. The zero-order valence-corrected chi connectivity index (χ0v) is 15.7. The van der Waals surface area contributed by atoms with Gasteiger partial charge in [-0.2, -0.15) is 0 Å². The lowest BCUT2D eigenvalue weighted by Gasteiger charge is -2.46. The molecule has 0 saturated carbocycles. The van der Waals surface area contributed by atoms with E-state index in [-0.39, 0.29) is 17.9 Å². The summed E-state index contributed by atoms with van der Waals surface area (Å²) in [6.45, 7) is 7.39. The quantitative estimate of drug-likeness (QED) is 0.825. The lowest BCUT2D eigenvalue weighted by atomic mass is 9.84. The van der Waals surface area contributed by atoms with Crippen LogP contribution in [0.1, 0.15) is 55.6 Å². The van der Waals surface area contributed by atoms with Gasteiger partial charge in [0.25, 0.3) is 5.91 Å². The molecule has 2 saturated heterocycles. The number of likely N-dealkylation sites (tertiary alicyclic amines) is 2. The molecule has 1 aromatic carbocycles. The molecule has 0 radical (unpaired) electrons. The fourth-order valence-electron chi connectivity index (χ4n) is 4.67. The molecule has 1 unspecified atom stereocenters. The van der Waals surface area contributed by atoms with Crippen molar-refractivity contribution in [2.75, 3.05) is 13.1 Å². The lowest BCUT2D eigenvalue weighted by Crippen LogP contribution is -2.62. The molecule has 2 fully saturated rings. The molecule has 3 heterocycles. The largest absolute Gasteiger partial charge is 0.461 e. The number of benzene rings is 1. The highest BCUT2D eigenvalue weighted by atomic mass is 16.3. The van der Waals surface area contributed by atoms with Crippen molar-refractivity contribution in [3.63, 3.8) is 0 Å². The van der Waals surface area contributed by atoms with E-state index in [9.17, 15) is 9.59 Å². The van der Waals surface area contributed by atoms with Crippen LogP contribution < -0.4 is 0 Å². The number of para-hydroxylation sites is 1. The van der Waals surface area contributed by atoms with E-state index < -0.39 is 5.54 Å². The van der Waals surface area contributed by atoms with Gasteiger partial charge < -0.3 is 14.2 Å². The van der Waals surface area contributed by atoms with E-state index in [1.165, 1.54) is 0 Å². The van der Waals surface area contributed by atoms with Crippen LogP contribution in [0.15, 0.2) is 28.7 Å². The minimum Gasteiger partial charge on any atom is -0.461 e. The molecule has 0 bridgehead atoms. The van der Waals surface area contributed by atoms with Crippen LogP contribution in [0.3, 0.4) is 0 Å². The van der Waals surface area contributed by atoms with Crippen LogP contribution in [0.2, 0.25) is 0 Å². The Labute approximate surface area is 153 Å². The molecule has 1 spiro atoms. The number of piperidine rings is 1. The fraction of sp³-hybridized carbons (Fsp3) is 0.524. The number of carbonyl (C=O) groups is 2. The summed E-state index contributed by atoms with van der Waals surface area (Å²) in [5.41, 5.74) is 0.510. The molecule has 5 nitrogen and oxygen atoms in total. The summed E-state index contributed by atoms with van der Waals surface area (Å²) in [5, 5.41) is 0.931. The number of aryl methyl sites for hydroxylation is 1. The topological polar surface area (TPSA) is 53.8 Å². The van der Waals surface area contributed by atoms with Gasteiger partial charge in [0, 0.05) is 24.5 Å². The van der Waals surface area contributed by atoms with Crippen molar-refractivity contribution in [1.29, 1.82) is 0 Å². The SMILES string of the molecule is Cc1cc2cccc(C(=O)N3CCCC34CCCN(C(C)C)C4=O)c2o1. The van der Waals surface area contributed by atoms with Gasteiger partial charge in [-0.25, -0.2) is 0 Å². The summed E-state index contributed by atoms with van der Waals surface area (Å²) >= 11 is 0. The Hall–Kier alpha value is -2.30. The number of carbonyl (C=O) groups excluding carboxylic acids is 2. The Morgan fingerprint density at radius 2 is 1.92 bits per heavy atom. The molecule has 5 heteroatoms. The van der Waals surface area contributed by atoms with Crippen LogP contribution in [-0.4, -0.2) is 46.3 Å².